The molecular formula is C10H18N2O2S. The summed E-state index contributed by atoms with van der Waals surface area (Å²) in [6, 6.07) is 0.408. The Morgan fingerprint density at radius 3 is 2.73 bits per heavy atom. The summed E-state index contributed by atoms with van der Waals surface area (Å²) >= 11 is 1.88. The van der Waals surface area contributed by atoms with Crippen molar-refractivity contribution in [3.8, 4) is 0 Å². The third-order valence-electron chi connectivity index (χ3n) is 2.73. The number of nitrogens with two attached hydrogens (primary N) is 1. The second-order valence-electron chi connectivity index (χ2n) is 4.21. The van der Waals surface area contributed by atoms with Crippen molar-refractivity contribution in [2.45, 2.75) is 36.6 Å². The first-order chi connectivity index (χ1) is 7.25. The van der Waals surface area contributed by atoms with Crippen LogP contribution < -0.4 is 11.1 Å². The molecule has 1 saturated heterocycles. The highest BCUT2D eigenvalue weighted by atomic mass is 32.2. The first-order valence-corrected chi connectivity index (χ1v) is 6.55. The number of primary amides is 1. The van der Waals surface area contributed by atoms with Gasteiger partial charge in [0.15, 0.2) is 0 Å². The molecule has 86 valence electrons. The van der Waals surface area contributed by atoms with E-state index in [4.69, 9.17) is 10.5 Å². The number of carbonyl (C=O) groups excluding carboxylic acids is 1. The zero-order valence-electron chi connectivity index (χ0n) is 8.78. The van der Waals surface area contributed by atoms with Crippen LogP contribution >= 0.6 is 11.8 Å². The normalized spacial score (nSPS) is 23.5. The van der Waals surface area contributed by atoms with Gasteiger partial charge in [0.2, 0.25) is 5.91 Å². The zero-order chi connectivity index (χ0) is 10.7. The molecule has 0 radical (unpaired) electrons. The van der Waals surface area contributed by atoms with Gasteiger partial charge >= 0.3 is 0 Å². The largest absolute Gasteiger partial charge is 0.379 e. The van der Waals surface area contributed by atoms with Crippen molar-refractivity contribution in [1.82, 2.24) is 5.32 Å². The predicted molar refractivity (Wildman–Crippen MR) is 60.8 cm³/mol. The molecule has 2 fully saturated rings. The average molecular weight is 230 g/mol. The SMILES string of the molecule is NC(=O)C(CCSC1COC1)NC1CC1. The summed E-state index contributed by atoms with van der Waals surface area (Å²) in [4.78, 5) is 11.1. The predicted octanol–water partition coefficient (Wildman–Crippen LogP) is 0.114. The maximum absolute atomic E-state index is 11.1. The molecule has 1 aliphatic heterocycles. The third kappa shape index (κ3) is 3.66. The zero-order valence-corrected chi connectivity index (χ0v) is 9.59. The molecule has 1 saturated carbocycles. The molecule has 1 aliphatic carbocycles. The van der Waals surface area contributed by atoms with E-state index in [-0.39, 0.29) is 11.9 Å². The van der Waals surface area contributed by atoms with Gasteiger partial charge in [-0.3, -0.25) is 4.79 Å². The minimum Gasteiger partial charge on any atom is -0.379 e. The Labute approximate surface area is 94.3 Å². The fourth-order valence-electron chi connectivity index (χ4n) is 1.51. The number of amides is 1. The number of ether oxygens (including phenoxy) is 1. The average Bonchev–Trinajstić information content (AvgIpc) is 2.90. The van der Waals surface area contributed by atoms with Gasteiger partial charge in [-0.05, 0) is 25.0 Å². The van der Waals surface area contributed by atoms with Crippen LogP contribution in [0.1, 0.15) is 19.3 Å². The first-order valence-electron chi connectivity index (χ1n) is 5.50. The monoisotopic (exact) mass is 230 g/mol. The quantitative estimate of drug-likeness (QED) is 0.652. The Kier molecular flexibility index (Phi) is 3.88. The molecule has 0 aromatic heterocycles. The van der Waals surface area contributed by atoms with Crippen LogP contribution in [-0.2, 0) is 9.53 Å². The van der Waals surface area contributed by atoms with E-state index < -0.39 is 0 Å². The van der Waals surface area contributed by atoms with Crippen LogP contribution in [-0.4, -0.2) is 42.2 Å². The van der Waals surface area contributed by atoms with Crippen molar-refractivity contribution < 1.29 is 9.53 Å². The summed E-state index contributed by atoms with van der Waals surface area (Å²) in [7, 11) is 0. The summed E-state index contributed by atoms with van der Waals surface area (Å²) in [5, 5.41) is 3.92. The summed E-state index contributed by atoms with van der Waals surface area (Å²) in [5.41, 5.74) is 5.34. The standard InChI is InChI=1S/C10H18N2O2S/c11-10(13)9(12-7-1-2-7)3-4-15-8-5-14-6-8/h7-9,12H,1-6H2,(H2,11,13). The van der Waals surface area contributed by atoms with Gasteiger partial charge in [-0.1, -0.05) is 0 Å². The molecule has 0 bridgehead atoms. The lowest BCUT2D eigenvalue weighted by atomic mass is 10.2. The maximum atomic E-state index is 11.1. The van der Waals surface area contributed by atoms with Gasteiger partial charge in [0.05, 0.1) is 24.5 Å². The lowest BCUT2D eigenvalue weighted by molar-refractivity contribution is -0.120. The molecule has 1 heterocycles. The van der Waals surface area contributed by atoms with Gasteiger partial charge in [0, 0.05) is 6.04 Å². The van der Waals surface area contributed by atoms with Crippen molar-refractivity contribution in [3.63, 3.8) is 0 Å². The minimum atomic E-state index is -0.215. The molecule has 3 N–H and O–H groups in total. The Morgan fingerprint density at radius 1 is 1.53 bits per heavy atom. The number of nitrogens with one attached hydrogen (secondary N) is 1. The smallest absolute Gasteiger partial charge is 0.234 e. The molecule has 2 aliphatic rings. The highest BCUT2D eigenvalue weighted by Crippen LogP contribution is 2.22. The Morgan fingerprint density at radius 2 is 2.27 bits per heavy atom. The van der Waals surface area contributed by atoms with Crippen LogP contribution in [0, 0.1) is 0 Å². The number of thioether (sulfide) groups is 1. The molecule has 4 nitrogen and oxygen atoms in total. The van der Waals surface area contributed by atoms with Crippen LogP contribution in [0.3, 0.4) is 0 Å². The Balaban J connectivity index is 1.61. The van der Waals surface area contributed by atoms with Crippen LogP contribution in [0.2, 0.25) is 0 Å². The highest BCUT2D eigenvalue weighted by molar-refractivity contribution is 8.00. The Hall–Kier alpha value is -0.260. The molecule has 2 rings (SSSR count). The van der Waals surface area contributed by atoms with Crippen molar-refractivity contribution in [2.24, 2.45) is 5.73 Å². The summed E-state index contributed by atoms with van der Waals surface area (Å²) < 4.78 is 5.09. The summed E-state index contributed by atoms with van der Waals surface area (Å²) in [6.07, 6.45) is 3.22. The molecule has 0 aromatic carbocycles. The van der Waals surface area contributed by atoms with E-state index in [2.05, 4.69) is 5.32 Å². The number of hydrogen-bond acceptors (Lipinski definition) is 4. The van der Waals surface area contributed by atoms with Crippen molar-refractivity contribution in [2.75, 3.05) is 19.0 Å². The molecule has 1 atom stereocenters. The first kappa shape index (κ1) is 11.2. The summed E-state index contributed by atoms with van der Waals surface area (Å²) in [6.45, 7) is 1.73. The third-order valence-corrected chi connectivity index (χ3v) is 3.94. The van der Waals surface area contributed by atoms with E-state index in [0.29, 0.717) is 11.3 Å². The fourth-order valence-corrected chi connectivity index (χ4v) is 2.60. The van der Waals surface area contributed by atoms with Crippen molar-refractivity contribution in [1.29, 1.82) is 0 Å². The van der Waals surface area contributed by atoms with E-state index in [1.54, 1.807) is 0 Å². The lowest BCUT2D eigenvalue weighted by Gasteiger charge is -2.25. The van der Waals surface area contributed by atoms with Gasteiger partial charge in [0.1, 0.15) is 0 Å². The molecule has 0 spiro atoms. The van der Waals surface area contributed by atoms with Crippen molar-refractivity contribution >= 4 is 17.7 Å². The van der Waals surface area contributed by atoms with E-state index in [0.717, 1.165) is 25.4 Å². The van der Waals surface area contributed by atoms with E-state index in [1.807, 2.05) is 11.8 Å². The molecule has 5 heteroatoms. The molecular weight excluding hydrogens is 212 g/mol. The van der Waals surface area contributed by atoms with Gasteiger partial charge in [0.25, 0.3) is 0 Å². The van der Waals surface area contributed by atoms with E-state index >= 15 is 0 Å². The number of rotatable bonds is 7. The van der Waals surface area contributed by atoms with Gasteiger partial charge in [-0.15, -0.1) is 0 Å². The van der Waals surface area contributed by atoms with Gasteiger partial charge < -0.3 is 15.8 Å². The van der Waals surface area contributed by atoms with Crippen LogP contribution in [0.15, 0.2) is 0 Å². The Bertz CT molecular complexity index is 229. The van der Waals surface area contributed by atoms with Gasteiger partial charge in [-0.25, -0.2) is 0 Å². The van der Waals surface area contributed by atoms with Crippen LogP contribution in [0.25, 0.3) is 0 Å². The molecule has 1 amide bonds. The minimum absolute atomic E-state index is 0.133. The van der Waals surface area contributed by atoms with Crippen LogP contribution in [0.5, 0.6) is 0 Å². The summed E-state index contributed by atoms with van der Waals surface area (Å²) in [5.74, 6) is 0.772. The maximum Gasteiger partial charge on any atom is 0.234 e. The number of carbonyl (C=O) groups is 1. The van der Waals surface area contributed by atoms with Crippen molar-refractivity contribution in [3.05, 3.63) is 0 Å². The van der Waals surface area contributed by atoms with Crippen LogP contribution in [0.4, 0.5) is 0 Å². The molecule has 1 unspecified atom stereocenters. The second-order valence-corrected chi connectivity index (χ2v) is 5.62. The number of hydrogen-bond donors (Lipinski definition) is 2. The topological polar surface area (TPSA) is 64.4 Å². The fraction of sp³-hybridized carbons (Fsp3) is 0.900. The van der Waals surface area contributed by atoms with E-state index in [9.17, 15) is 4.79 Å². The highest BCUT2D eigenvalue weighted by Gasteiger charge is 2.27. The lowest BCUT2D eigenvalue weighted by Crippen LogP contribution is -2.43. The molecule has 15 heavy (non-hydrogen) atoms. The molecule has 0 aromatic rings. The second kappa shape index (κ2) is 5.18. The van der Waals surface area contributed by atoms with E-state index in [1.165, 1.54) is 12.8 Å². The van der Waals surface area contributed by atoms with Gasteiger partial charge in [-0.2, -0.15) is 11.8 Å².